The summed E-state index contributed by atoms with van der Waals surface area (Å²) < 4.78 is 11.0. The van der Waals surface area contributed by atoms with Gasteiger partial charge < -0.3 is 20.1 Å². The summed E-state index contributed by atoms with van der Waals surface area (Å²) in [5.74, 6) is 1.76. The standard InChI is InChI=1S/C17H22N2O2/c1-3-20-16-8-4-14(5-9-16)19-15-6-10-17(11-7-15)21-13-12-18-2/h4-11,18-19H,3,12-13H2,1-2H3. The summed E-state index contributed by atoms with van der Waals surface area (Å²) in [5, 5.41) is 6.39. The van der Waals surface area contributed by atoms with Gasteiger partial charge in [0, 0.05) is 17.9 Å². The average Bonchev–Trinajstić information content (AvgIpc) is 2.51. The third-order valence-electron chi connectivity index (χ3n) is 2.93. The lowest BCUT2D eigenvalue weighted by molar-refractivity contribution is 0.318. The monoisotopic (exact) mass is 286 g/mol. The summed E-state index contributed by atoms with van der Waals surface area (Å²) in [5.41, 5.74) is 2.06. The van der Waals surface area contributed by atoms with Crippen molar-refractivity contribution in [1.29, 1.82) is 0 Å². The van der Waals surface area contributed by atoms with E-state index in [1.165, 1.54) is 0 Å². The highest BCUT2D eigenvalue weighted by molar-refractivity contribution is 5.60. The molecule has 0 amide bonds. The molecule has 2 rings (SSSR count). The summed E-state index contributed by atoms with van der Waals surface area (Å²) in [6, 6.07) is 15.9. The van der Waals surface area contributed by atoms with E-state index in [2.05, 4.69) is 10.6 Å². The van der Waals surface area contributed by atoms with E-state index in [0.29, 0.717) is 13.2 Å². The second-order valence-electron chi connectivity index (χ2n) is 4.56. The van der Waals surface area contributed by atoms with Gasteiger partial charge in [-0.3, -0.25) is 0 Å². The number of hydrogen-bond donors (Lipinski definition) is 2. The van der Waals surface area contributed by atoms with Crippen molar-refractivity contribution >= 4 is 11.4 Å². The van der Waals surface area contributed by atoms with Gasteiger partial charge in [0.15, 0.2) is 0 Å². The zero-order valence-electron chi connectivity index (χ0n) is 12.6. The molecule has 0 fully saturated rings. The van der Waals surface area contributed by atoms with Crippen LogP contribution in [0.15, 0.2) is 48.5 Å². The average molecular weight is 286 g/mol. The summed E-state index contributed by atoms with van der Waals surface area (Å²) >= 11 is 0. The van der Waals surface area contributed by atoms with Crippen molar-refractivity contribution in [2.24, 2.45) is 0 Å². The second kappa shape index (κ2) is 8.17. The van der Waals surface area contributed by atoms with Crippen LogP contribution in [0.2, 0.25) is 0 Å². The third-order valence-corrected chi connectivity index (χ3v) is 2.93. The molecule has 2 N–H and O–H groups in total. The molecule has 0 saturated heterocycles. The number of hydrogen-bond acceptors (Lipinski definition) is 4. The van der Waals surface area contributed by atoms with Crippen molar-refractivity contribution in [2.45, 2.75) is 6.92 Å². The molecule has 0 heterocycles. The van der Waals surface area contributed by atoms with Crippen molar-refractivity contribution in [3.8, 4) is 11.5 Å². The van der Waals surface area contributed by atoms with E-state index in [-0.39, 0.29) is 0 Å². The van der Waals surface area contributed by atoms with Gasteiger partial charge in [0.1, 0.15) is 18.1 Å². The number of likely N-dealkylation sites (N-methyl/N-ethyl adjacent to an activating group) is 1. The van der Waals surface area contributed by atoms with Crippen LogP contribution in [-0.4, -0.2) is 26.8 Å². The van der Waals surface area contributed by atoms with E-state index < -0.39 is 0 Å². The highest BCUT2D eigenvalue weighted by Gasteiger charge is 1.98. The normalized spacial score (nSPS) is 10.2. The van der Waals surface area contributed by atoms with E-state index in [1.807, 2.05) is 62.5 Å². The zero-order chi connectivity index (χ0) is 14.9. The van der Waals surface area contributed by atoms with Crippen molar-refractivity contribution in [1.82, 2.24) is 5.32 Å². The molecule has 0 saturated carbocycles. The van der Waals surface area contributed by atoms with Crippen LogP contribution in [0.5, 0.6) is 11.5 Å². The highest BCUT2D eigenvalue weighted by atomic mass is 16.5. The molecule has 4 heteroatoms. The molecule has 21 heavy (non-hydrogen) atoms. The Labute approximate surface area is 126 Å². The first-order valence-corrected chi connectivity index (χ1v) is 7.19. The van der Waals surface area contributed by atoms with Gasteiger partial charge in [0.05, 0.1) is 6.61 Å². The maximum Gasteiger partial charge on any atom is 0.119 e. The fourth-order valence-electron chi connectivity index (χ4n) is 1.87. The van der Waals surface area contributed by atoms with Crippen LogP contribution in [0.1, 0.15) is 6.92 Å². The van der Waals surface area contributed by atoms with Crippen LogP contribution in [0, 0.1) is 0 Å². The van der Waals surface area contributed by atoms with Gasteiger partial charge in [-0.25, -0.2) is 0 Å². The minimum Gasteiger partial charge on any atom is -0.494 e. The molecule has 0 atom stereocenters. The van der Waals surface area contributed by atoms with E-state index in [4.69, 9.17) is 9.47 Å². The molecule has 4 nitrogen and oxygen atoms in total. The van der Waals surface area contributed by atoms with Crippen LogP contribution in [-0.2, 0) is 0 Å². The molecule has 2 aromatic rings. The van der Waals surface area contributed by atoms with Gasteiger partial charge >= 0.3 is 0 Å². The highest BCUT2D eigenvalue weighted by Crippen LogP contribution is 2.22. The van der Waals surface area contributed by atoms with Gasteiger partial charge in [-0.05, 0) is 62.5 Å². The Morgan fingerprint density at radius 3 is 1.81 bits per heavy atom. The Morgan fingerprint density at radius 2 is 1.33 bits per heavy atom. The topological polar surface area (TPSA) is 42.5 Å². The van der Waals surface area contributed by atoms with E-state index in [0.717, 1.165) is 29.4 Å². The molecule has 0 bridgehead atoms. The lowest BCUT2D eigenvalue weighted by Crippen LogP contribution is -2.15. The predicted molar refractivity (Wildman–Crippen MR) is 86.8 cm³/mol. The Bertz CT molecular complexity index is 523. The molecule has 0 aromatic heterocycles. The molecule has 2 aromatic carbocycles. The van der Waals surface area contributed by atoms with Gasteiger partial charge in [-0.1, -0.05) is 0 Å². The molecule has 0 radical (unpaired) electrons. The second-order valence-corrected chi connectivity index (χ2v) is 4.56. The molecule has 0 unspecified atom stereocenters. The first kappa shape index (κ1) is 15.2. The number of ether oxygens (including phenoxy) is 2. The Balaban J connectivity index is 1.90. The van der Waals surface area contributed by atoms with E-state index in [9.17, 15) is 0 Å². The summed E-state index contributed by atoms with van der Waals surface area (Å²) in [6.45, 7) is 4.17. The quantitative estimate of drug-likeness (QED) is 0.730. The number of anilines is 2. The lowest BCUT2D eigenvalue weighted by Gasteiger charge is -2.10. The minimum absolute atomic E-state index is 0.669. The first-order chi connectivity index (χ1) is 10.3. The molecule has 0 aliphatic rings. The summed E-state index contributed by atoms with van der Waals surface area (Å²) in [6.07, 6.45) is 0. The van der Waals surface area contributed by atoms with Gasteiger partial charge in [0.2, 0.25) is 0 Å². The van der Waals surface area contributed by atoms with Crippen LogP contribution < -0.4 is 20.1 Å². The molecular formula is C17H22N2O2. The number of rotatable bonds is 8. The Kier molecular flexibility index (Phi) is 5.91. The Morgan fingerprint density at radius 1 is 0.810 bits per heavy atom. The van der Waals surface area contributed by atoms with Crippen molar-refractivity contribution in [3.63, 3.8) is 0 Å². The summed E-state index contributed by atoms with van der Waals surface area (Å²) in [7, 11) is 1.91. The Hall–Kier alpha value is -2.20. The largest absolute Gasteiger partial charge is 0.494 e. The zero-order valence-corrected chi connectivity index (χ0v) is 12.6. The molecule has 0 aliphatic carbocycles. The smallest absolute Gasteiger partial charge is 0.119 e. The maximum absolute atomic E-state index is 5.59. The molecule has 112 valence electrons. The van der Waals surface area contributed by atoms with Crippen LogP contribution >= 0.6 is 0 Å². The van der Waals surface area contributed by atoms with E-state index >= 15 is 0 Å². The SMILES string of the molecule is CCOc1ccc(Nc2ccc(OCCNC)cc2)cc1. The van der Waals surface area contributed by atoms with Gasteiger partial charge in [-0.15, -0.1) is 0 Å². The fraction of sp³-hybridized carbons (Fsp3) is 0.294. The van der Waals surface area contributed by atoms with Crippen molar-refractivity contribution in [3.05, 3.63) is 48.5 Å². The molecular weight excluding hydrogens is 264 g/mol. The molecule has 0 aliphatic heterocycles. The van der Waals surface area contributed by atoms with Crippen molar-refractivity contribution in [2.75, 3.05) is 32.1 Å². The molecule has 0 spiro atoms. The van der Waals surface area contributed by atoms with Crippen LogP contribution in [0.4, 0.5) is 11.4 Å². The van der Waals surface area contributed by atoms with Gasteiger partial charge in [0.25, 0.3) is 0 Å². The van der Waals surface area contributed by atoms with E-state index in [1.54, 1.807) is 0 Å². The van der Waals surface area contributed by atoms with Gasteiger partial charge in [-0.2, -0.15) is 0 Å². The van der Waals surface area contributed by atoms with Crippen LogP contribution in [0.3, 0.4) is 0 Å². The first-order valence-electron chi connectivity index (χ1n) is 7.19. The summed E-state index contributed by atoms with van der Waals surface area (Å²) in [4.78, 5) is 0. The van der Waals surface area contributed by atoms with Crippen LogP contribution in [0.25, 0.3) is 0 Å². The maximum atomic E-state index is 5.59. The lowest BCUT2D eigenvalue weighted by atomic mass is 10.2. The number of nitrogens with one attached hydrogen (secondary N) is 2. The number of benzene rings is 2. The minimum atomic E-state index is 0.669. The van der Waals surface area contributed by atoms with Crippen molar-refractivity contribution < 1.29 is 9.47 Å². The fourth-order valence-corrected chi connectivity index (χ4v) is 1.87. The predicted octanol–water partition coefficient (Wildman–Crippen LogP) is 3.43. The third kappa shape index (κ3) is 5.00.